The van der Waals surface area contributed by atoms with E-state index in [0.29, 0.717) is 0 Å². The molecule has 0 atom stereocenters. The molecule has 7 aromatic carbocycles. The van der Waals surface area contributed by atoms with E-state index in [0.717, 1.165) is 4.47 Å². The maximum Gasteiger partial charge on any atom is 0.0555 e. The average molecular weight is 631 g/mol. The molecule has 0 N–H and O–H groups in total. The van der Waals surface area contributed by atoms with Gasteiger partial charge in [0.15, 0.2) is 0 Å². The van der Waals surface area contributed by atoms with E-state index >= 15 is 0 Å². The normalized spacial score (nSPS) is 11.8. The zero-order valence-corrected chi connectivity index (χ0v) is 25.5. The molecular formula is C40H24BrNS. The molecule has 2 heterocycles. The highest BCUT2D eigenvalue weighted by atomic mass is 79.9. The van der Waals surface area contributed by atoms with Gasteiger partial charge in [0.2, 0.25) is 0 Å². The average Bonchev–Trinajstić information content (AvgIpc) is 3.59. The Hall–Kier alpha value is -4.70. The van der Waals surface area contributed by atoms with Crippen molar-refractivity contribution in [3.8, 4) is 27.9 Å². The fraction of sp³-hybridized carbons (Fsp3) is 0. The first-order valence-electron chi connectivity index (χ1n) is 14.5. The first-order chi connectivity index (χ1) is 21.2. The van der Waals surface area contributed by atoms with Crippen molar-refractivity contribution in [3.63, 3.8) is 0 Å². The monoisotopic (exact) mass is 629 g/mol. The Morgan fingerprint density at radius 2 is 1.02 bits per heavy atom. The van der Waals surface area contributed by atoms with E-state index in [9.17, 15) is 0 Å². The fourth-order valence-corrected chi connectivity index (χ4v) is 8.44. The third-order valence-electron chi connectivity index (χ3n) is 8.61. The molecule has 0 radical (unpaired) electrons. The molecule has 0 spiro atoms. The lowest BCUT2D eigenvalue weighted by atomic mass is 9.98. The maximum atomic E-state index is 3.87. The summed E-state index contributed by atoms with van der Waals surface area (Å²) < 4.78 is 6.25. The molecule has 0 saturated heterocycles. The SMILES string of the molecule is Brc1cc2c3cc4c5ccccc5n(-c5cc(-c6ccccc6)cc(-c6ccccc6)c5)c4cc3sc2c2ccccc12. The third kappa shape index (κ3) is 3.89. The van der Waals surface area contributed by atoms with Crippen LogP contribution in [0.15, 0.2) is 150 Å². The fourth-order valence-electron chi connectivity index (χ4n) is 6.63. The Bertz CT molecular complexity index is 2450. The summed E-state index contributed by atoms with van der Waals surface area (Å²) in [6.45, 7) is 0. The number of benzene rings is 7. The van der Waals surface area contributed by atoms with Gasteiger partial charge in [0, 0.05) is 46.5 Å². The predicted octanol–water partition coefficient (Wildman–Crippen LogP) is 12.4. The predicted molar refractivity (Wildman–Crippen MR) is 190 cm³/mol. The summed E-state index contributed by atoms with van der Waals surface area (Å²) in [7, 11) is 0. The van der Waals surface area contributed by atoms with Crippen LogP contribution >= 0.6 is 27.3 Å². The van der Waals surface area contributed by atoms with Crippen molar-refractivity contribution in [2.75, 3.05) is 0 Å². The minimum absolute atomic E-state index is 1.14. The number of aromatic nitrogens is 1. The zero-order chi connectivity index (χ0) is 28.5. The van der Waals surface area contributed by atoms with E-state index in [4.69, 9.17) is 0 Å². The van der Waals surface area contributed by atoms with E-state index in [1.165, 1.54) is 80.7 Å². The Labute approximate surface area is 261 Å². The summed E-state index contributed by atoms with van der Waals surface area (Å²) >= 11 is 5.76. The summed E-state index contributed by atoms with van der Waals surface area (Å²) in [4.78, 5) is 0. The Kier molecular flexibility index (Phi) is 5.59. The van der Waals surface area contributed by atoms with Crippen molar-refractivity contribution < 1.29 is 0 Å². The smallest absolute Gasteiger partial charge is 0.0555 e. The lowest BCUT2D eigenvalue weighted by molar-refractivity contribution is 1.18. The van der Waals surface area contributed by atoms with Crippen LogP contribution < -0.4 is 0 Å². The van der Waals surface area contributed by atoms with E-state index in [1.54, 1.807) is 0 Å². The van der Waals surface area contributed by atoms with Gasteiger partial charge in [-0.3, -0.25) is 0 Å². The van der Waals surface area contributed by atoms with Crippen LogP contribution in [0.3, 0.4) is 0 Å². The molecule has 0 bridgehead atoms. The number of nitrogens with zero attached hydrogens (tertiary/aromatic N) is 1. The molecule has 1 nitrogen and oxygen atoms in total. The van der Waals surface area contributed by atoms with Gasteiger partial charge in [-0.25, -0.2) is 0 Å². The van der Waals surface area contributed by atoms with Gasteiger partial charge in [0.05, 0.1) is 11.0 Å². The molecule has 0 amide bonds. The van der Waals surface area contributed by atoms with E-state index < -0.39 is 0 Å². The number of rotatable bonds is 3. The van der Waals surface area contributed by atoms with Gasteiger partial charge in [-0.1, -0.05) is 119 Å². The lowest BCUT2D eigenvalue weighted by Gasteiger charge is -2.14. The van der Waals surface area contributed by atoms with Crippen LogP contribution in [0, 0.1) is 0 Å². The van der Waals surface area contributed by atoms with Crippen molar-refractivity contribution in [2.45, 2.75) is 0 Å². The van der Waals surface area contributed by atoms with Crippen molar-refractivity contribution in [3.05, 3.63) is 150 Å². The Morgan fingerprint density at radius 1 is 0.419 bits per heavy atom. The van der Waals surface area contributed by atoms with E-state index in [2.05, 4.69) is 166 Å². The molecular weight excluding hydrogens is 606 g/mol. The van der Waals surface area contributed by atoms with Gasteiger partial charge in [0.1, 0.15) is 0 Å². The number of para-hydroxylation sites is 1. The second kappa shape index (κ2) is 9.67. The second-order valence-electron chi connectivity index (χ2n) is 11.1. The molecule has 0 aliphatic rings. The second-order valence-corrected chi connectivity index (χ2v) is 13.0. The number of halogens is 1. The number of thiophene rings is 1. The van der Waals surface area contributed by atoms with Crippen LogP contribution in [0.2, 0.25) is 0 Å². The quantitative estimate of drug-likeness (QED) is 0.183. The summed E-state index contributed by atoms with van der Waals surface area (Å²) in [5.41, 5.74) is 8.46. The van der Waals surface area contributed by atoms with Crippen LogP contribution in [0.1, 0.15) is 0 Å². The summed E-state index contributed by atoms with van der Waals surface area (Å²) in [6.07, 6.45) is 0. The van der Waals surface area contributed by atoms with Gasteiger partial charge < -0.3 is 4.57 Å². The zero-order valence-electron chi connectivity index (χ0n) is 23.1. The van der Waals surface area contributed by atoms with Crippen molar-refractivity contribution >= 4 is 80.0 Å². The van der Waals surface area contributed by atoms with Crippen LogP contribution in [0.5, 0.6) is 0 Å². The Balaban J connectivity index is 1.38. The summed E-state index contributed by atoms with van der Waals surface area (Å²) in [5, 5.41) is 7.72. The van der Waals surface area contributed by atoms with Crippen LogP contribution in [-0.2, 0) is 0 Å². The molecule has 2 aromatic heterocycles. The molecule has 0 aliphatic carbocycles. The van der Waals surface area contributed by atoms with Gasteiger partial charge in [-0.2, -0.15) is 0 Å². The van der Waals surface area contributed by atoms with E-state index in [-0.39, 0.29) is 0 Å². The molecule has 3 heteroatoms. The van der Waals surface area contributed by atoms with Crippen LogP contribution in [0.4, 0.5) is 0 Å². The van der Waals surface area contributed by atoms with E-state index in [1.807, 2.05) is 11.3 Å². The number of hydrogen-bond acceptors (Lipinski definition) is 1. The highest BCUT2D eigenvalue weighted by Crippen LogP contribution is 2.45. The summed E-state index contributed by atoms with van der Waals surface area (Å²) in [6, 6.07) is 53.1. The molecule has 43 heavy (non-hydrogen) atoms. The van der Waals surface area contributed by atoms with Gasteiger partial charge in [0.25, 0.3) is 0 Å². The number of fused-ring (bicyclic) bond motifs is 8. The van der Waals surface area contributed by atoms with Gasteiger partial charge in [-0.15, -0.1) is 11.3 Å². The minimum atomic E-state index is 1.14. The Morgan fingerprint density at radius 3 is 1.72 bits per heavy atom. The molecule has 9 rings (SSSR count). The molecule has 0 unspecified atom stereocenters. The first kappa shape index (κ1) is 24.9. The first-order valence-corrected chi connectivity index (χ1v) is 16.1. The van der Waals surface area contributed by atoms with Gasteiger partial charge >= 0.3 is 0 Å². The lowest BCUT2D eigenvalue weighted by Crippen LogP contribution is -1.96. The summed E-state index contributed by atoms with van der Waals surface area (Å²) in [5.74, 6) is 0. The number of hydrogen-bond donors (Lipinski definition) is 0. The molecule has 202 valence electrons. The molecule has 0 aliphatic heterocycles. The van der Waals surface area contributed by atoms with Gasteiger partial charge in [-0.05, 0) is 70.1 Å². The van der Waals surface area contributed by atoms with Crippen molar-refractivity contribution in [1.29, 1.82) is 0 Å². The van der Waals surface area contributed by atoms with Crippen molar-refractivity contribution in [2.24, 2.45) is 0 Å². The molecule has 9 aromatic rings. The highest BCUT2D eigenvalue weighted by molar-refractivity contribution is 9.10. The van der Waals surface area contributed by atoms with Crippen LogP contribution in [-0.4, -0.2) is 4.57 Å². The molecule has 0 saturated carbocycles. The minimum Gasteiger partial charge on any atom is -0.309 e. The molecule has 0 fully saturated rings. The topological polar surface area (TPSA) is 4.93 Å². The standard InChI is InChI=1S/C40H24BrNS/c41-36-23-35-34-22-33-31-16-9-10-18-37(31)42(38(33)24-39(34)43-40(35)32-17-8-7-15-30(32)36)29-20-27(25-11-3-1-4-12-25)19-28(21-29)26-13-5-2-6-14-26/h1-24H. The van der Waals surface area contributed by atoms with Crippen LogP contribution in [0.25, 0.3) is 80.7 Å². The van der Waals surface area contributed by atoms with Crippen molar-refractivity contribution in [1.82, 2.24) is 4.57 Å². The largest absolute Gasteiger partial charge is 0.309 e. The highest BCUT2D eigenvalue weighted by Gasteiger charge is 2.18. The third-order valence-corrected chi connectivity index (χ3v) is 10.5. The maximum absolute atomic E-state index is 3.87.